The van der Waals surface area contributed by atoms with Crippen molar-refractivity contribution < 1.29 is 9.90 Å². The normalized spacial score (nSPS) is 9.76. The Morgan fingerprint density at radius 2 is 2.10 bits per heavy atom. The van der Waals surface area contributed by atoms with E-state index in [9.17, 15) is 4.79 Å². The topological polar surface area (TPSA) is 49.3 Å². The fraction of sp³-hybridized carbons (Fsp3) is 0.235. The Hall–Kier alpha value is -2.09. The third kappa shape index (κ3) is 5.42. The molecular weight excluding hydrogens is 282 g/mol. The highest BCUT2D eigenvalue weighted by molar-refractivity contribution is 7.10. The van der Waals surface area contributed by atoms with Crippen molar-refractivity contribution in [3.05, 3.63) is 57.8 Å². The van der Waals surface area contributed by atoms with E-state index in [2.05, 4.69) is 17.2 Å². The van der Waals surface area contributed by atoms with E-state index < -0.39 is 0 Å². The van der Waals surface area contributed by atoms with Crippen LogP contribution in [0.2, 0.25) is 0 Å². The van der Waals surface area contributed by atoms with Crippen LogP contribution in [-0.2, 0) is 17.8 Å². The molecule has 0 unspecified atom stereocenters. The highest BCUT2D eigenvalue weighted by atomic mass is 32.1. The first-order chi connectivity index (χ1) is 10.3. The number of nitrogens with one attached hydrogen (secondary N) is 1. The van der Waals surface area contributed by atoms with Crippen LogP contribution >= 0.6 is 11.3 Å². The smallest absolute Gasteiger partial charge is 0.220 e. The van der Waals surface area contributed by atoms with E-state index in [1.54, 1.807) is 11.3 Å². The predicted octanol–water partition coefficient (Wildman–Crippen LogP) is 2.34. The lowest BCUT2D eigenvalue weighted by molar-refractivity contribution is -0.121. The lowest BCUT2D eigenvalue weighted by Crippen LogP contribution is -2.22. The Morgan fingerprint density at radius 3 is 2.86 bits per heavy atom. The van der Waals surface area contributed by atoms with Crippen molar-refractivity contribution in [2.24, 2.45) is 0 Å². The number of amides is 1. The number of carbonyl (C=O) groups is 1. The molecule has 1 amide bonds. The summed E-state index contributed by atoms with van der Waals surface area (Å²) < 4.78 is 0. The number of carbonyl (C=O) groups excluding carboxylic acids is 1. The SMILES string of the molecule is O=C(CCc1ccccc1)NCc1cc(C#CCO)cs1. The van der Waals surface area contributed by atoms with Crippen LogP contribution in [0.15, 0.2) is 41.8 Å². The number of hydrogen-bond acceptors (Lipinski definition) is 3. The summed E-state index contributed by atoms with van der Waals surface area (Å²) >= 11 is 1.56. The fourth-order valence-electron chi connectivity index (χ4n) is 1.86. The molecule has 21 heavy (non-hydrogen) atoms. The van der Waals surface area contributed by atoms with E-state index in [1.165, 1.54) is 5.56 Å². The van der Waals surface area contributed by atoms with Crippen LogP contribution in [0.5, 0.6) is 0 Å². The van der Waals surface area contributed by atoms with E-state index in [1.807, 2.05) is 41.8 Å². The number of aryl methyl sites for hydroxylation is 1. The van der Waals surface area contributed by atoms with Gasteiger partial charge in [-0.15, -0.1) is 11.3 Å². The summed E-state index contributed by atoms with van der Waals surface area (Å²) in [5.74, 6) is 5.50. The number of benzene rings is 1. The maximum absolute atomic E-state index is 11.8. The van der Waals surface area contributed by atoms with Crippen LogP contribution in [0.3, 0.4) is 0 Å². The minimum absolute atomic E-state index is 0.0512. The Labute approximate surface area is 128 Å². The van der Waals surface area contributed by atoms with Gasteiger partial charge in [0, 0.05) is 22.2 Å². The summed E-state index contributed by atoms with van der Waals surface area (Å²) in [5, 5.41) is 13.5. The molecule has 0 atom stereocenters. The Morgan fingerprint density at radius 1 is 1.29 bits per heavy atom. The molecule has 0 aliphatic carbocycles. The van der Waals surface area contributed by atoms with Crippen molar-refractivity contribution >= 4 is 17.2 Å². The van der Waals surface area contributed by atoms with Crippen molar-refractivity contribution in [3.8, 4) is 11.8 Å². The third-order valence-corrected chi connectivity index (χ3v) is 3.85. The molecule has 0 bridgehead atoms. The number of thiophene rings is 1. The molecule has 4 heteroatoms. The zero-order chi connectivity index (χ0) is 14.9. The summed E-state index contributed by atoms with van der Waals surface area (Å²) in [6.45, 7) is 0.389. The third-order valence-electron chi connectivity index (χ3n) is 2.91. The average molecular weight is 299 g/mol. The average Bonchev–Trinajstić information content (AvgIpc) is 2.98. The molecule has 1 aromatic carbocycles. The molecule has 0 aliphatic heterocycles. The van der Waals surface area contributed by atoms with Crippen LogP contribution in [0, 0.1) is 11.8 Å². The summed E-state index contributed by atoms with van der Waals surface area (Å²) in [6.07, 6.45) is 1.25. The molecule has 2 aromatic rings. The first-order valence-corrected chi connectivity index (χ1v) is 7.63. The van der Waals surface area contributed by atoms with E-state index in [0.29, 0.717) is 13.0 Å². The van der Waals surface area contributed by atoms with Gasteiger partial charge in [-0.1, -0.05) is 42.2 Å². The molecule has 2 N–H and O–H groups in total. The van der Waals surface area contributed by atoms with Gasteiger partial charge in [0.25, 0.3) is 0 Å². The van der Waals surface area contributed by atoms with Gasteiger partial charge in [-0.05, 0) is 18.1 Å². The Kier molecular flexibility index (Phi) is 6.01. The van der Waals surface area contributed by atoms with Gasteiger partial charge in [0.05, 0.1) is 6.54 Å². The van der Waals surface area contributed by atoms with Crippen molar-refractivity contribution in [3.63, 3.8) is 0 Å². The summed E-state index contributed by atoms with van der Waals surface area (Å²) in [7, 11) is 0. The molecule has 1 aromatic heterocycles. The van der Waals surface area contributed by atoms with Gasteiger partial charge < -0.3 is 10.4 Å². The molecule has 0 saturated heterocycles. The molecule has 1 heterocycles. The van der Waals surface area contributed by atoms with E-state index >= 15 is 0 Å². The van der Waals surface area contributed by atoms with Gasteiger partial charge in [-0.2, -0.15) is 0 Å². The van der Waals surface area contributed by atoms with Crippen LogP contribution in [0.25, 0.3) is 0 Å². The van der Waals surface area contributed by atoms with Crippen molar-refractivity contribution in [1.82, 2.24) is 5.32 Å². The second-order valence-electron chi connectivity index (χ2n) is 4.52. The van der Waals surface area contributed by atoms with Crippen LogP contribution in [-0.4, -0.2) is 17.6 Å². The minimum atomic E-state index is -0.137. The quantitative estimate of drug-likeness (QED) is 0.833. The minimum Gasteiger partial charge on any atom is -0.384 e. The molecule has 0 fully saturated rings. The fourth-order valence-corrected chi connectivity index (χ4v) is 2.61. The zero-order valence-electron chi connectivity index (χ0n) is 11.6. The molecular formula is C17H17NO2S. The van der Waals surface area contributed by atoms with Gasteiger partial charge in [-0.25, -0.2) is 0 Å². The molecule has 0 spiro atoms. The maximum Gasteiger partial charge on any atom is 0.220 e. The van der Waals surface area contributed by atoms with Crippen LogP contribution in [0.1, 0.15) is 22.4 Å². The van der Waals surface area contributed by atoms with Crippen LogP contribution < -0.4 is 5.32 Å². The molecule has 3 nitrogen and oxygen atoms in total. The Bertz CT molecular complexity index is 638. The molecule has 108 valence electrons. The first kappa shape index (κ1) is 15.3. The van der Waals surface area contributed by atoms with Crippen molar-refractivity contribution in [1.29, 1.82) is 0 Å². The number of hydrogen-bond donors (Lipinski definition) is 2. The maximum atomic E-state index is 11.8. The molecule has 0 radical (unpaired) electrons. The van der Waals surface area contributed by atoms with Gasteiger partial charge in [0.2, 0.25) is 5.91 Å². The van der Waals surface area contributed by atoms with Gasteiger partial charge in [-0.3, -0.25) is 4.79 Å². The van der Waals surface area contributed by atoms with Crippen LogP contribution in [0.4, 0.5) is 0 Å². The van der Waals surface area contributed by atoms with E-state index in [-0.39, 0.29) is 12.5 Å². The summed E-state index contributed by atoms with van der Waals surface area (Å²) in [5.41, 5.74) is 2.05. The second kappa shape index (κ2) is 8.25. The highest BCUT2D eigenvalue weighted by Crippen LogP contribution is 2.13. The van der Waals surface area contributed by atoms with Gasteiger partial charge in [0.1, 0.15) is 6.61 Å². The predicted molar refractivity (Wildman–Crippen MR) is 84.9 cm³/mol. The second-order valence-corrected chi connectivity index (χ2v) is 5.52. The molecule has 2 rings (SSSR count). The van der Waals surface area contributed by atoms with Gasteiger partial charge >= 0.3 is 0 Å². The molecule has 0 aliphatic rings. The van der Waals surface area contributed by atoms with Crippen molar-refractivity contribution in [2.75, 3.05) is 6.61 Å². The highest BCUT2D eigenvalue weighted by Gasteiger charge is 2.03. The number of aliphatic hydroxyl groups is 1. The van der Waals surface area contributed by atoms with Crippen molar-refractivity contribution in [2.45, 2.75) is 19.4 Å². The number of aliphatic hydroxyl groups excluding tert-OH is 1. The summed E-state index contributed by atoms with van der Waals surface area (Å²) in [6, 6.07) is 11.9. The first-order valence-electron chi connectivity index (χ1n) is 6.75. The number of rotatable bonds is 5. The standard InChI is InChI=1S/C17H17NO2S/c19-10-4-7-15-11-16(21-13-15)12-18-17(20)9-8-14-5-2-1-3-6-14/h1-3,5-6,11,13,19H,8-10,12H2,(H,18,20). The van der Waals surface area contributed by atoms with E-state index in [4.69, 9.17) is 5.11 Å². The monoisotopic (exact) mass is 299 g/mol. The lowest BCUT2D eigenvalue weighted by Gasteiger charge is -2.03. The zero-order valence-corrected chi connectivity index (χ0v) is 12.5. The Balaban J connectivity index is 1.75. The van der Waals surface area contributed by atoms with Gasteiger partial charge in [0.15, 0.2) is 0 Å². The lowest BCUT2D eigenvalue weighted by atomic mass is 10.1. The largest absolute Gasteiger partial charge is 0.384 e. The van der Waals surface area contributed by atoms with E-state index in [0.717, 1.165) is 16.9 Å². The summed E-state index contributed by atoms with van der Waals surface area (Å²) in [4.78, 5) is 12.9. The molecule has 0 saturated carbocycles.